The molecule has 1 aliphatic heterocycles. The van der Waals surface area contributed by atoms with Gasteiger partial charge in [0.15, 0.2) is 0 Å². The third-order valence-electron chi connectivity index (χ3n) is 5.86. The van der Waals surface area contributed by atoms with Crippen molar-refractivity contribution in [3.8, 4) is 5.75 Å². The van der Waals surface area contributed by atoms with Gasteiger partial charge in [-0.2, -0.15) is 0 Å². The van der Waals surface area contributed by atoms with Gasteiger partial charge in [-0.25, -0.2) is 4.79 Å². The molecule has 2 aromatic carbocycles. The fraction of sp³-hybridized carbons (Fsp3) is 0.360. The van der Waals surface area contributed by atoms with Crippen molar-refractivity contribution in [3.05, 3.63) is 65.2 Å². The average Bonchev–Trinajstić information content (AvgIpc) is 2.88. The van der Waals surface area contributed by atoms with Crippen LogP contribution in [-0.2, 0) is 25.5 Å². The first kappa shape index (κ1) is 25.7. The SMILES string of the molecule is COC(=O)COC1CCN(C(=O)[C@H](Cc2ccc(O)cc2)NC(=O)c2ccc(C(=N)N)cc2)CC1. The van der Waals surface area contributed by atoms with Crippen LogP contribution >= 0.6 is 0 Å². The zero-order valence-corrected chi connectivity index (χ0v) is 19.5. The summed E-state index contributed by atoms with van der Waals surface area (Å²) in [5, 5.41) is 19.9. The van der Waals surface area contributed by atoms with Crippen molar-refractivity contribution in [1.82, 2.24) is 10.2 Å². The average molecular weight is 483 g/mol. The lowest BCUT2D eigenvalue weighted by molar-refractivity contribution is -0.150. The number of methoxy groups -OCH3 is 1. The molecule has 1 fully saturated rings. The first-order valence-electron chi connectivity index (χ1n) is 11.3. The summed E-state index contributed by atoms with van der Waals surface area (Å²) in [5.74, 6) is -1.08. The van der Waals surface area contributed by atoms with E-state index in [4.69, 9.17) is 15.9 Å². The van der Waals surface area contributed by atoms with Crippen LogP contribution in [0.15, 0.2) is 48.5 Å². The van der Waals surface area contributed by atoms with Gasteiger partial charge in [0.05, 0.1) is 13.2 Å². The standard InChI is InChI=1S/C25H30N4O6/c1-34-22(31)15-35-20-10-12-29(13-11-20)25(33)21(14-16-2-8-19(30)9-3-16)28-24(32)18-6-4-17(5-7-18)23(26)27/h2-9,20-21,30H,10-15H2,1H3,(H3,26,27)(H,28,32)/t21-/m0/s1. The number of nitrogens with one attached hydrogen (secondary N) is 2. The predicted molar refractivity (Wildman–Crippen MR) is 128 cm³/mol. The number of likely N-dealkylation sites (tertiary alicyclic amines) is 1. The molecule has 2 aromatic rings. The van der Waals surface area contributed by atoms with Crippen LogP contribution in [0.2, 0.25) is 0 Å². The van der Waals surface area contributed by atoms with Crippen LogP contribution in [-0.4, -0.2) is 72.6 Å². The predicted octanol–water partition coefficient (Wildman–Crippen LogP) is 1.20. The van der Waals surface area contributed by atoms with Gasteiger partial charge in [0.25, 0.3) is 5.91 Å². The minimum absolute atomic E-state index is 0.101. The number of hydrogen-bond acceptors (Lipinski definition) is 7. The molecule has 0 radical (unpaired) electrons. The minimum atomic E-state index is -0.827. The molecule has 0 aromatic heterocycles. The molecule has 0 bridgehead atoms. The smallest absolute Gasteiger partial charge is 0.331 e. The number of amidine groups is 1. The summed E-state index contributed by atoms with van der Waals surface area (Å²) in [4.78, 5) is 39.3. The summed E-state index contributed by atoms with van der Waals surface area (Å²) in [6, 6.07) is 11.9. The maximum absolute atomic E-state index is 13.4. The number of hydrogen-bond donors (Lipinski definition) is 4. The topological polar surface area (TPSA) is 155 Å². The number of amides is 2. The molecule has 5 N–H and O–H groups in total. The number of nitrogens with zero attached hydrogens (tertiary/aromatic N) is 1. The number of carbonyl (C=O) groups is 3. The lowest BCUT2D eigenvalue weighted by atomic mass is 10.0. The molecule has 10 nitrogen and oxygen atoms in total. The largest absolute Gasteiger partial charge is 0.508 e. The van der Waals surface area contributed by atoms with Crippen LogP contribution in [0, 0.1) is 5.41 Å². The number of rotatable bonds is 9. The Balaban J connectivity index is 1.68. The Morgan fingerprint density at radius 3 is 2.26 bits per heavy atom. The van der Waals surface area contributed by atoms with Crippen molar-refractivity contribution >= 4 is 23.6 Å². The molecule has 0 unspecified atom stereocenters. The van der Waals surface area contributed by atoms with E-state index < -0.39 is 17.9 Å². The van der Waals surface area contributed by atoms with Crippen molar-refractivity contribution in [2.75, 3.05) is 26.8 Å². The van der Waals surface area contributed by atoms with Gasteiger partial charge in [0.2, 0.25) is 5.91 Å². The molecular formula is C25H30N4O6. The summed E-state index contributed by atoms with van der Waals surface area (Å²) < 4.78 is 10.1. The van der Waals surface area contributed by atoms with E-state index in [2.05, 4.69) is 10.1 Å². The van der Waals surface area contributed by atoms with Gasteiger partial charge in [-0.1, -0.05) is 24.3 Å². The first-order chi connectivity index (χ1) is 16.8. The zero-order valence-electron chi connectivity index (χ0n) is 19.5. The number of carbonyl (C=O) groups excluding carboxylic acids is 3. The maximum atomic E-state index is 13.4. The van der Waals surface area contributed by atoms with E-state index in [1.165, 1.54) is 19.2 Å². The van der Waals surface area contributed by atoms with Gasteiger partial charge in [-0.15, -0.1) is 0 Å². The molecule has 2 amide bonds. The number of ether oxygens (including phenoxy) is 2. The molecule has 1 saturated heterocycles. The highest BCUT2D eigenvalue weighted by Gasteiger charge is 2.30. The molecule has 3 rings (SSSR count). The monoisotopic (exact) mass is 482 g/mol. The molecule has 0 aliphatic carbocycles. The fourth-order valence-electron chi connectivity index (χ4n) is 3.82. The summed E-state index contributed by atoms with van der Waals surface area (Å²) in [5.41, 5.74) is 7.09. The number of piperidine rings is 1. The van der Waals surface area contributed by atoms with Gasteiger partial charge in [-0.3, -0.25) is 15.0 Å². The number of phenolic OH excluding ortho intramolecular Hbond substituents is 1. The van der Waals surface area contributed by atoms with E-state index >= 15 is 0 Å². The second kappa shape index (κ2) is 12.0. The second-order valence-electron chi connectivity index (χ2n) is 8.30. The Bertz CT molecular complexity index is 1050. The number of aromatic hydroxyl groups is 1. The van der Waals surface area contributed by atoms with E-state index in [9.17, 15) is 19.5 Å². The molecule has 1 heterocycles. The normalized spacial score (nSPS) is 14.7. The van der Waals surface area contributed by atoms with Gasteiger partial charge < -0.3 is 30.5 Å². The highest BCUT2D eigenvalue weighted by molar-refractivity contribution is 5.99. The minimum Gasteiger partial charge on any atom is -0.508 e. The van der Waals surface area contributed by atoms with E-state index in [1.807, 2.05) is 0 Å². The van der Waals surface area contributed by atoms with Crippen LogP contribution in [0.25, 0.3) is 0 Å². The molecule has 0 spiro atoms. The van der Waals surface area contributed by atoms with Crippen molar-refractivity contribution in [2.24, 2.45) is 5.73 Å². The molecule has 1 aliphatic rings. The third kappa shape index (κ3) is 7.28. The number of nitrogens with two attached hydrogens (primary N) is 1. The Hall–Kier alpha value is -3.92. The molecule has 1 atom stereocenters. The van der Waals surface area contributed by atoms with E-state index in [0.29, 0.717) is 37.1 Å². The number of phenols is 1. The Labute approximate surface area is 203 Å². The quantitative estimate of drug-likeness (QED) is 0.238. The van der Waals surface area contributed by atoms with Crippen LogP contribution in [0.5, 0.6) is 5.75 Å². The molecule has 186 valence electrons. The molecule has 0 saturated carbocycles. The highest BCUT2D eigenvalue weighted by atomic mass is 16.6. The lowest BCUT2D eigenvalue weighted by Gasteiger charge is -2.34. The maximum Gasteiger partial charge on any atom is 0.331 e. The fourth-order valence-corrected chi connectivity index (χ4v) is 3.82. The van der Waals surface area contributed by atoms with Crippen LogP contribution in [0.1, 0.15) is 34.3 Å². The van der Waals surface area contributed by atoms with Crippen molar-refractivity contribution < 1.29 is 29.0 Å². The van der Waals surface area contributed by atoms with Gasteiger partial charge in [0.1, 0.15) is 24.2 Å². The van der Waals surface area contributed by atoms with Crippen LogP contribution in [0.3, 0.4) is 0 Å². The Morgan fingerprint density at radius 2 is 1.69 bits per heavy atom. The second-order valence-corrected chi connectivity index (χ2v) is 8.30. The van der Waals surface area contributed by atoms with Crippen molar-refractivity contribution in [2.45, 2.75) is 31.4 Å². The number of nitrogen functional groups attached to an aromatic ring is 1. The number of benzene rings is 2. The van der Waals surface area contributed by atoms with Gasteiger partial charge >= 0.3 is 5.97 Å². The summed E-state index contributed by atoms with van der Waals surface area (Å²) in [6.45, 7) is 0.733. The van der Waals surface area contributed by atoms with Crippen LogP contribution < -0.4 is 11.1 Å². The summed E-state index contributed by atoms with van der Waals surface area (Å²) >= 11 is 0. The van der Waals surface area contributed by atoms with Gasteiger partial charge in [-0.05, 0) is 42.7 Å². The highest BCUT2D eigenvalue weighted by Crippen LogP contribution is 2.17. The Morgan fingerprint density at radius 1 is 1.09 bits per heavy atom. The summed E-state index contributed by atoms with van der Waals surface area (Å²) in [6.07, 6.45) is 1.22. The molecular weight excluding hydrogens is 452 g/mol. The van der Waals surface area contributed by atoms with E-state index in [1.54, 1.807) is 41.3 Å². The molecule has 10 heteroatoms. The third-order valence-corrected chi connectivity index (χ3v) is 5.86. The lowest BCUT2D eigenvalue weighted by Crippen LogP contribution is -2.52. The Kier molecular flexibility index (Phi) is 8.80. The molecule has 35 heavy (non-hydrogen) atoms. The van der Waals surface area contributed by atoms with E-state index in [0.717, 1.165) is 5.56 Å². The zero-order chi connectivity index (χ0) is 25.4. The summed E-state index contributed by atoms with van der Waals surface area (Å²) in [7, 11) is 1.30. The first-order valence-corrected chi connectivity index (χ1v) is 11.3. The van der Waals surface area contributed by atoms with E-state index in [-0.39, 0.29) is 36.6 Å². The van der Waals surface area contributed by atoms with Crippen molar-refractivity contribution in [1.29, 1.82) is 5.41 Å². The van der Waals surface area contributed by atoms with Crippen LogP contribution in [0.4, 0.5) is 0 Å². The van der Waals surface area contributed by atoms with Crippen molar-refractivity contribution in [3.63, 3.8) is 0 Å². The number of esters is 1. The van der Waals surface area contributed by atoms with Gasteiger partial charge in [0, 0.05) is 30.6 Å².